The molecule has 5 nitrogen and oxygen atoms in total. The number of nitrogens with zero attached hydrogens (tertiary/aromatic N) is 2. The van der Waals surface area contributed by atoms with Gasteiger partial charge in [0.05, 0.1) is 37.7 Å². The van der Waals surface area contributed by atoms with Crippen molar-refractivity contribution in [3.05, 3.63) is 35.3 Å². The van der Waals surface area contributed by atoms with Gasteiger partial charge >= 0.3 is 0 Å². The van der Waals surface area contributed by atoms with E-state index in [4.69, 9.17) is 14.2 Å². The van der Waals surface area contributed by atoms with Crippen molar-refractivity contribution < 1.29 is 14.2 Å². The third kappa shape index (κ3) is 6.50. The van der Waals surface area contributed by atoms with Crippen LogP contribution >= 0.6 is 0 Å². The summed E-state index contributed by atoms with van der Waals surface area (Å²) >= 11 is 0. The molecular formula is C20H30N2O3. The maximum absolute atomic E-state index is 5.99. The van der Waals surface area contributed by atoms with Gasteiger partial charge in [-0.25, -0.2) is 0 Å². The Labute approximate surface area is 151 Å². The number of aliphatic imine (C=N–C) groups is 2. The summed E-state index contributed by atoms with van der Waals surface area (Å²) in [5, 5.41) is 0. The molecule has 0 saturated heterocycles. The van der Waals surface area contributed by atoms with Crippen LogP contribution in [0.25, 0.3) is 0 Å². The first-order valence-corrected chi connectivity index (χ1v) is 9.14. The molecule has 0 atom stereocenters. The highest BCUT2D eigenvalue weighted by Crippen LogP contribution is 2.17. The quantitative estimate of drug-likeness (QED) is 0.724. The molecule has 2 aliphatic rings. The molecule has 0 fully saturated rings. The topological polar surface area (TPSA) is 52.4 Å². The summed E-state index contributed by atoms with van der Waals surface area (Å²) in [5.74, 6) is 1.73. The molecule has 0 saturated carbocycles. The average molecular weight is 346 g/mol. The average Bonchev–Trinajstić information content (AvgIpc) is 2.61. The number of fused-ring (bicyclic) bond motifs is 1. The maximum atomic E-state index is 5.99. The van der Waals surface area contributed by atoms with Crippen molar-refractivity contribution in [3.8, 4) is 0 Å². The summed E-state index contributed by atoms with van der Waals surface area (Å²) in [5.41, 5.74) is 3.01. The van der Waals surface area contributed by atoms with Gasteiger partial charge in [-0.3, -0.25) is 9.98 Å². The highest BCUT2D eigenvalue weighted by Gasteiger charge is 2.14. The smallest absolute Gasteiger partial charge is 0.143 e. The largest absolute Gasteiger partial charge is 0.488 e. The van der Waals surface area contributed by atoms with E-state index in [2.05, 4.69) is 16.1 Å². The van der Waals surface area contributed by atoms with Gasteiger partial charge < -0.3 is 14.2 Å². The molecular weight excluding hydrogens is 316 g/mol. The molecule has 1 aliphatic carbocycles. The molecule has 5 heteroatoms. The van der Waals surface area contributed by atoms with Crippen LogP contribution in [0, 0.1) is 0 Å². The Balaban J connectivity index is 2.13. The van der Waals surface area contributed by atoms with Gasteiger partial charge in [-0.1, -0.05) is 6.08 Å². The molecule has 0 aromatic carbocycles. The van der Waals surface area contributed by atoms with Gasteiger partial charge in [-0.15, -0.1) is 0 Å². The van der Waals surface area contributed by atoms with Gasteiger partial charge in [0.1, 0.15) is 24.7 Å². The predicted molar refractivity (Wildman–Crippen MR) is 102 cm³/mol. The monoisotopic (exact) mass is 346 g/mol. The zero-order valence-electron chi connectivity index (χ0n) is 15.7. The van der Waals surface area contributed by atoms with E-state index in [9.17, 15) is 0 Å². The van der Waals surface area contributed by atoms with Crippen molar-refractivity contribution >= 4 is 11.4 Å². The standard InChI is InChI=1S/C20H30N2O3/c1-4-7-18-20(16(2)3)25-15-14-24-19-9-6-5-8-17(19)21-10-12-23-13-11-22-18/h4,7,9H,5-6,8,10-15H2,1-3H3/b7-4-,21-17?,22-18?. The zero-order valence-corrected chi connectivity index (χ0v) is 15.7. The van der Waals surface area contributed by atoms with Crippen LogP contribution in [0.3, 0.4) is 0 Å². The van der Waals surface area contributed by atoms with E-state index in [1.165, 1.54) is 0 Å². The first-order chi connectivity index (χ1) is 12.2. The minimum atomic E-state index is 0.484. The summed E-state index contributed by atoms with van der Waals surface area (Å²) < 4.78 is 17.6. The highest BCUT2D eigenvalue weighted by atomic mass is 16.5. The van der Waals surface area contributed by atoms with Gasteiger partial charge in [0.15, 0.2) is 0 Å². The van der Waals surface area contributed by atoms with Crippen molar-refractivity contribution in [3.63, 3.8) is 0 Å². The third-order valence-electron chi connectivity index (χ3n) is 3.89. The van der Waals surface area contributed by atoms with Crippen LogP contribution in [-0.4, -0.2) is 50.9 Å². The van der Waals surface area contributed by atoms with Crippen LogP contribution in [0.2, 0.25) is 0 Å². The van der Waals surface area contributed by atoms with Gasteiger partial charge in [0, 0.05) is 0 Å². The number of rotatable bonds is 1. The fourth-order valence-corrected chi connectivity index (χ4v) is 2.75. The summed E-state index contributed by atoms with van der Waals surface area (Å²) in [4.78, 5) is 9.28. The first-order valence-electron chi connectivity index (χ1n) is 9.14. The van der Waals surface area contributed by atoms with Crippen molar-refractivity contribution in [2.75, 3.05) is 39.5 Å². The van der Waals surface area contributed by atoms with Gasteiger partial charge in [-0.05, 0) is 57.8 Å². The molecule has 1 aliphatic heterocycles. The molecule has 0 unspecified atom stereocenters. The minimum absolute atomic E-state index is 0.484. The highest BCUT2D eigenvalue weighted by molar-refractivity contribution is 6.07. The van der Waals surface area contributed by atoms with E-state index < -0.39 is 0 Å². The molecule has 2 rings (SSSR count). The maximum Gasteiger partial charge on any atom is 0.143 e. The van der Waals surface area contributed by atoms with E-state index in [1.54, 1.807) is 0 Å². The Hall–Kier alpha value is -1.88. The molecule has 0 bridgehead atoms. The van der Waals surface area contributed by atoms with E-state index >= 15 is 0 Å². The van der Waals surface area contributed by atoms with Crippen LogP contribution in [0.1, 0.15) is 40.0 Å². The Bertz CT molecular complexity index is 582. The predicted octanol–water partition coefficient (Wildman–Crippen LogP) is 3.87. The summed E-state index contributed by atoms with van der Waals surface area (Å²) in [6, 6.07) is 0. The first kappa shape index (κ1) is 19.4. The summed E-state index contributed by atoms with van der Waals surface area (Å²) in [7, 11) is 0. The molecule has 0 aromatic rings. The summed E-state index contributed by atoms with van der Waals surface area (Å²) in [6.07, 6.45) is 9.24. The van der Waals surface area contributed by atoms with Crippen molar-refractivity contribution in [2.24, 2.45) is 9.98 Å². The second kappa shape index (κ2) is 10.9. The lowest BCUT2D eigenvalue weighted by molar-refractivity contribution is 0.131. The zero-order chi connectivity index (χ0) is 17.9. The lowest BCUT2D eigenvalue weighted by atomic mass is 10.0. The number of hydrogen-bond acceptors (Lipinski definition) is 5. The van der Waals surface area contributed by atoms with Crippen LogP contribution in [0.15, 0.2) is 45.3 Å². The minimum Gasteiger partial charge on any atom is -0.488 e. The van der Waals surface area contributed by atoms with Crippen molar-refractivity contribution in [1.82, 2.24) is 0 Å². The molecule has 1 heterocycles. The second-order valence-electron chi connectivity index (χ2n) is 6.19. The fourth-order valence-electron chi connectivity index (χ4n) is 2.75. The van der Waals surface area contributed by atoms with Crippen molar-refractivity contribution in [1.29, 1.82) is 0 Å². The van der Waals surface area contributed by atoms with Crippen LogP contribution < -0.4 is 0 Å². The van der Waals surface area contributed by atoms with Crippen LogP contribution in [0.4, 0.5) is 0 Å². The van der Waals surface area contributed by atoms with Gasteiger partial charge in [0.2, 0.25) is 0 Å². The lowest BCUT2D eigenvalue weighted by Crippen LogP contribution is -2.16. The second-order valence-corrected chi connectivity index (χ2v) is 6.19. The number of allylic oxidation sites excluding steroid dienone is 5. The third-order valence-corrected chi connectivity index (χ3v) is 3.89. The van der Waals surface area contributed by atoms with Crippen LogP contribution in [-0.2, 0) is 14.2 Å². The molecule has 0 aromatic heterocycles. The molecule has 0 spiro atoms. The molecule has 25 heavy (non-hydrogen) atoms. The van der Waals surface area contributed by atoms with Crippen molar-refractivity contribution in [2.45, 2.75) is 40.0 Å². The molecule has 0 radical (unpaired) electrons. The molecule has 0 amide bonds. The Kier molecular flexibility index (Phi) is 8.46. The van der Waals surface area contributed by atoms with E-state index in [0.717, 1.165) is 47.8 Å². The fraction of sp³-hybridized carbons (Fsp3) is 0.600. The Morgan fingerprint density at radius 1 is 1.04 bits per heavy atom. The lowest BCUT2D eigenvalue weighted by Gasteiger charge is -2.18. The van der Waals surface area contributed by atoms with E-state index in [-0.39, 0.29) is 0 Å². The summed E-state index contributed by atoms with van der Waals surface area (Å²) in [6.45, 7) is 9.50. The van der Waals surface area contributed by atoms with E-state index in [1.807, 2.05) is 32.9 Å². The van der Waals surface area contributed by atoms with Gasteiger partial charge in [-0.2, -0.15) is 0 Å². The normalized spacial score (nSPS) is 20.9. The number of ether oxygens (including phenoxy) is 3. The molecule has 138 valence electrons. The Morgan fingerprint density at radius 3 is 2.56 bits per heavy atom. The number of hydrogen-bond donors (Lipinski definition) is 0. The van der Waals surface area contributed by atoms with E-state index in [0.29, 0.717) is 39.5 Å². The van der Waals surface area contributed by atoms with Gasteiger partial charge in [0.25, 0.3) is 0 Å². The SMILES string of the molecule is C/C=C\C1=NCCOCCN=C2CCCC=C2OCCOC1=C(C)C. The Morgan fingerprint density at radius 2 is 1.80 bits per heavy atom. The molecule has 0 N–H and O–H groups in total. The van der Waals surface area contributed by atoms with Crippen LogP contribution in [0.5, 0.6) is 0 Å².